The van der Waals surface area contributed by atoms with Crippen molar-refractivity contribution in [1.82, 2.24) is 0 Å². The van der Waals surface area contributed by atoms with Gasteiger partial charge in [0.1, 0.15) is 24.9 Å². The lowest BCUT2D eigenvalue weighted by molar-refractivity contribution is -0.349. The van der Waals surface area contributed by atoms with Crippen LogP contribution in [0.5, 0.6) is 0 Å². The van der Waals surface area contributed by atoms with Crippen LogP contribution in [0, 0.1) is 5.92 Å². The molecule has 102 valence electrons. The van der Waals surface area contributed by atoms with Crippen molar-refractivity contribution in [3.05, 3.63) is 0 Å². The lowest BCUT2D eigenvalue weighted by Gasteiger charge is -2.43. The Balaban J connectivity index is 2.61. The fraction of sp³-hybridized carbons (Fsp3) is 1.00. The summed E-state index contributed by atoms with van der Waals surface area (Å²) in [6.07, 6.45) is -3.27. The van der Waals surface area contributed by atoms with Gasteiger partial charge in [-0.3, -0.25) is 0 Å². The quantitative estimate of drug-likeness (QED) is 0.492. The highest BCUT2D eigenvalue weighted by atomic mass is 16.7. The van der Waals surface area contributed by atoms with E-state index in [-0.39, 0.29) is 6.61 Å². The van der Waals surface area contributed by atoms with E-state index in [2.05, 4.69) is 0 Å². The second-order valence-corrected chi connectivity index (χ2v) is 4.81. The van der Waals surface area contributed by atoms with Crippen molar-refractivity contribution in [2.75, 3.05) is 19.8 Å². The monoisotopic (exact) mass is 250 g/mol. The SMILES string of the molecule is CC(C)CCO[C@]1(CO)OC[C@@H](O)[C@H](O)[C@@H]1O. The molecule has 4 N–H and O–H groups in total. The van der Waals surface area contributed by atoms with Gasteiger partial charge in [0.15, 0.2) is 0 Å². The van der Waals surface area contributed by atoms with E-state index in [0.717, 1.165) is 6.42 Å². The van der Waals surface area contributed by atoms with Crippen molar-refractivity contribution in [2.45, 2.75) is 44.4 Å². The van der Waals surface area contributed by atoms with Crippen LogP contribution < -0.4 is 0 Å². The summed E-state index contributed by atoms with van der Waals surface area (Å²) >= 11 is 0. The van der Waals surface area contributed by atoms with Crippen molar-refractivity contribution in [3.8, 4) is 0 Å². The zero-order valence-electron chi connectivity index (χ0n) is 10.2. The second-order valence-electron chi connectivity index (χ2n) is 4.81. The maximum Gasteiger partial charge on any atom is 0.221 e. The Kier molecular flexibility index (Phi) is 5.30. The Hall–Kier alpha value is -0.240. The van der Waals surface area contributed by atoms with Crippen LogP contribution >= 0.6 is 0 Å². The Labute approximate surface area is 101 Å². The highest BCUT2D eigenvalue weighted by molar-refractivity contribution is 4.92. The highest BCUT2D eigenvalue weighted by Gasteiger charge is 2.50. The molecule has 0 unspecified atom stereocenters. The average Bonchev–Trinajstić information content (AvgIpc) is 2.29. The minimum atomic E-state index is -1.63. The van der Waals surface area contributed by atoms with Crippen LogP contribution in [0.4, 0.5) is 0 Å². The van der Waals surface area contributed by atoms with Gasteiger partial charge in [-0.15, -0.1) is 0 Å². The van der Waals surface area contributed by atoms with E-state index in [0.29, 0.717) is 12.5 Å². The van der Waals surface area contributed by atoms with Gasteiger partial charge in [0.25, 0.3) is 0 Å². The molecule has 0 radical (unpaired) electrons. The summed E-state index contributed by atoms with van der Waals surface area (Å²) in [6, 6.07) is 0. The Morgan fingerprint density at radius 3 is 2.53 bits per heavy atom. The molecule has 0 saturated carbocycles. The number of rotatable bonds is 5. The van der Waals surface area contributed by atoms with Crippen LogP contribution in [0.2, 0.25) is 0 Å². The van der Waals surface area contributed by atoms with Gasteiger partial charge in [0, 0.05) is 0 Å². The first-order valence-electron chi connectivity index (χ1n) is 5.86. The number of hydrogen-bond acceptors (Lipinski definition) is 6. The van der Waals surface area contributed by atoms with Crippen LogP contribution in [0.15, 0.2) is 0 Å². The molecule has 0 aliphatic carbocycles. The van der Waals surface area contributed by atoms with Crippen LogP contribution in [0.1, 0.15) is 20.3 Å². The van der Waals surface area contributed by atoms with Crippen molar-refractivity contribution in [2.24, 2.45) is 5.92 Å². The van der Waals surface area contributed by atoms with Gasteiger partial charge < -0.3 is 29.9 Å². The number of aliphatic hydroxyl groups excluding tert-OH is 4. The standard InChI is InChI=1S/C11H22O6/c1-7(2)3-4-16-11(6-12)10(15)9(14)8(13)5-17-11/h7-10,12-15H,3-6H2,1-2H3/t8-,9+,10+,11-/m1/s1. The topological polar surface area (TPSA) is 99.4 Å². The summed E-state index contributed by atoms with van der Waals surface area (Å²) in [7, 11) is 0. The third-order valence-corrected chi connectivity index (χ3v) is 2.93. The zero-order chi connectivity index (χ0) is 13.1. The minimum absolute atomic E-state index is 0.180. The maximum atomic E-state index is 9.80. The van der Waals surface area contributed by atoms with Crippen molar-refractivity contribution in [3.63, 3.8) is 0 Å². The molecule has 1 rings (SSSR count). The van der Waals surface area contributed by atoms with Crippen LogP contribution in [0.25, 0.3) is 0 Å². The van der Waals surface area contributed by atoms with E-state index in [1.807, 2.05) is 13.8 Å². The number of aliphatic hydroxyl groups is 4. The summed E-state index contributed by atoms with van der Waals surface area (Å²) in [6.45, 7) is 3.59. The molecule has 0 aromatic rings. The summed E-state index contributed by atoms with van der Waals surface area (Å²) < 4.78 is 10.5. The predicted octanol–water partition coefficient (Wildman–Crippen LogP) is -1.15. The molecule has 1 saturated heterocycles. The third kappa shape index (κ3) is 3.37. The second kappa shape index (κ2) is 6.08. The van der Waals surface area contributed by atoms with Crippen LogP contribution in [0.3, 0.4) is 0 Å². The molecule has 6 heteroatoms. The first kappa shape index (κ1) is 14.8. The molecule has 17 heavy (non-hydrogen) atoms. The van der Waals surface area contributed by atoms with Crippen LogP contribution in [-0.2, 0) is 9.47 Å². The highest BCUT2D eigenvalue weighted by Crippen LogP contribution is 2.27. The van der Waals surface area contributed by atoms with E-state index in [4.69, 9.17) is 9.47 Å². The van der Waals surface area contributed by atoms with Gasteiger partial charge in [-0.2, -0.15) is 0 Å². The summed E-state index contributed by atoms with van der Waals surface area (Å²) in [5, 5.41) is 37.9. The largest absolute Gasteiger partial charge is 0.391 e. The van der Waals surface area contributed by atoms with Crippen LogP contribution in [-0.4, -0.2) is 64.3 Å². The normalized spacial score (nSPS) is 38.6. The van der Waals surface area contributed by atoms with E-state index >= 15 is 0 Å². The molecule has 1 heterocycles. The molecule has 0 spiro atoms. The van der Waals surface area contributed by atoms with Crippen molar-refractivity contribution in [1.29, 1.82) is 0 Å². The van der Waals surface area contributed by atoms with Gasteiger partial charge in [-0.25, -0.2) is 0 Å². The molecule has 0 bridgehead atoms. The van der Waals surface area contributed by atoms with E-state index in [1.54, 1.807) is 0 Å². The van der Waals surface area contributed by atoms with E-state index in [1.165, 1.54) is 0 Å². The Morgan fingerprint density at radius 2 is 2.00 bits per heavy atom. The third-order valence-electron chi connectivity index (χ3n) is 2.93. The molecule has 6 nitrogen and oxygen atoms in total. The van der Waals surface area contributed by atoms with Gasteiger partial charge in [0.05, 0.1) is 13.2 Å². The Bertz CT molecular complexity index is 234. The fourth-order valence-corrected chi connectivity index (χ4v) is 1.66. The molecule has 0 amide bonds. The molecule has 1 aliphatic heterocycles. The van der Waals surface area contributed by atoms with Gasteiger partial charge >= 0.3 is 0 Å². The minimum Gasteiger partial charge on any atom is -0.391 e. The fourth-order valence-electron chi connectivity index (χ4n) is 1.66. The predicted molar refractivity (Wildman–Crippen MR) is 59.2 cm³/mol. The molecule has 4 atom stereocenters. The summed E-state index contributed by atoms with van der Waals surface area (Å²) in [4.78, 5) is 0. The first-order valence-corrected chi connectivity index (χ1v) is 5.86. The van der Waals surface area contributed by atoms with Gasteiger partial charge in [-0.1, -0.05) is 13.8 Å². The summed E-state index contributed by atoms with van der Waals surface area (Å²) in [5.74, 6) is -1.21. The van der Waals surface area contributed by atoms with E-state index < -0.39 is 30.7 Å². The van der Waals surface area contributed by atoms with E-state index in [9.17, 15) is 20.4 Å². The molecule has 0 aromatic carbocycles. The maximum absolute atomic E-state index is 9.80. The molecule has 1 aliphatic rings. The molecule has 0 aromatic heterocycles. The van der Waals surface area contributed by atoms with Crippen molar-refractivity contribution >= 4 is 0 Å². The number of ether oxygens (including phenoxy) is 2. The first-order chi connectivity index (χ1) is 7.93. The Morgan fingerprint density at radius 1 is 1.35 bits per heavy atom. The molecular weight excluding hydrogens is 228 g/mol. The lowest BCUT2D eigenvalue weighted by atomic mass is 9.97. The molecule has 1 fully saturated rings. The van der Waals surface area contributed by atoms with Gasteiger partial charge in [-0.05, 0) is 12.3 Å². The lowest BCUT2D eigenvalue weighted by Crippen LogP contribution is -2.63. The van der Waals surface area contributed by atoms with Gasteiger partial charge in [0.2, 0.25) is 5.79 Å². The molecular formula is C11H22O6. The smallest absolute Gasteiger partial charge is 0.221 e. The van der Waals surface area contributed by atoms with Crippen molar-refractivity contribution < 1.29 is 29.9 Å². The summed E-state index contributed by atoms with van der Waals surface area (Å²) in [5.41, 5.74) is 0. The average molecular weight is 250 g/mol. The zero-order valence-corrected chi connectivity index (χ0v) is 10.2. The number of hydrogen-bond donors (Lipinski definition) is 4.